The van der Waals surface area contributed by atoms with Gasteiger partial charge in [-0.25, -0.2) is 17.6 Å². The Morgan fingerprint density at radius 2 is 1.69 bits per heavy atom. The van der Waals surface area contributed by atoms with Gasteiger partial charge >= 0.3 is 5.97 Å². The highest BCUT2D eigenvalue weighted by atomic mass is 32.2. The number of sulfonamides is 1. The number of aromatic nitrogens is 3. The van der Waals surface area contributed by atoms with Crippen LogP contribution >= 0.6 is 0 Å². The highest BCUT2D eigenvalue weighted by molar-refractivity contribution is 7.92. The molecule has 11 heteroatoms. The summed E-state index contributed by atoms with van der Waals surface area (Å²) in [6.45, 7) is -0.468. The Morgan fingerprint density at radius 3 is 2.44 bits per heavy atom. The molecule has 0 fully saturated rings. The maximum absolute atomic E-state index is 13.7. The van der Waals surface area contributed by atoms with E-state index in [4.69, 9.17) is 4.74 Å². The van der Waals surface area contributed by atoms with Gasteiger partial charge in [-0.1, -0.05) is 29.5 Å². The van der Waals surface area contributed by atoms with Gasteiger partial charge in [0, 0.05) is 0 Å². The van der Waals surface area contributed by atoms with E-state index in [9.17, 15) is 22.4 Å². The summed E-state index contributed by atoms with van der Waals surface area (Å²) in [5, 5.41) is 7.95. The number of carbonyl (C=O) groups is 1. The summed E-state index contributed by atoms with van der Waals surface area (Å²) < 4.78 is 46.7. The molecule has 1 N–H and O–H groups in total. The molecule has 0 saturated heterocycles. The van der Waals surface area contributed by atoms with E-state index in [1.54, 1.807) is 24.3 Å². The molecule has 1 heterocycles. The maximum Gasteiger partial charge on any atom is 0.339 e. The zero-order valence-electron chi connectivity index (χ0n) is 16.3. The Bertz CT molecular complexity index is 1470. The minimum atomic E-state index is -4.07. The van der Waals surface area contributed by atoms with Gasteiger partial charge in [0.25, 0.3) is 15.6 Å². The van der Waals surface area contributed by atoms with Gasteiger partial charge < -0.3 is 4.74 Å². The molecule has 0 aliphatic carbocycles. The van der Waals surface area contributed by atoms with E-state index in [2.05, 4.69) is 15.0 Å². The van der Waals surface area contributed by atoms with E-state index in [-0.39, 0.29) is 16.1 Å². The Morgan fingerprint density at radius 1 is 1.00 bits per heavy atom. The number of hydrogen-bond donors (Lipinski definition) is 1. The van der Waals surface area contributed by atoms with Gasteiger partial charge in [0.15, 0.2) is 6.73 Å². The second-order valence-electron chi connectivity index (χ2n) is 6.58. The molecule has 0 bridgehead atoms. The molecule has 0 unspecified atom stereocenters. The van der Waals surface area contributed by atoms with Crippen LogP contribution in [0.2, 0.25) is 0 Å². The predicted molar refractivity (Wildman–Crippen MR) is 113 cm³/mol. The summed E-state index contributed by atoms with van der Waals surface area (Å²) in [5.74, 6) is -1.51. The van der Waals surface area contributed by atoms with Crippen LogP contribution in [0.25, 0.3) is 10.9 Å². The molecule has 3 aromatic carbocycles. The van der Waals surface area contributed by atoms with E-state index in [1.807, 2.05) is 0 Å². The van der Waals surface area contributed by atoms with Crippen LogP contribution in [0, 0.1) is 5.82 Å². The van der Waals surface area contributed by atoms with Gasteiger partial charge in [-0.05, 0) is 48.5 Å². The third-order valence-corrected chi connectivity index (χ3v) is 5.85. The highest BCUT2D eigenvalue weighted by Gasteiger charge is 2.17. The first kappa shape index (κ1) is 21.1. The summed E-state index contributed by atoms with van der Waals surface area (Å²) in [7, 11) is -4.07. The van der Waals surface area contributed by atoms with E-state index >= 15 is 0 Å². The summed E-state index contributed by atoms with van der Waals surface area (Å²) in [5.41, 5.74) is -0.195. The first-order valence-electron chi connectivity index (χ1n) is 9.22. The van der Waals surface area contributed by atoms with Crippen LogP contribution in [-0.2, 0) is 21.5 Å². The molecule has 32 heavy (non-hydrogen) atoms. The van der Waals surface area contributed by atoms with Crippen molar-refractivity contribution in [2.45, 2.75) is 11.6 Å². The van der Waals surface area contributed by atoms with Crippen LogP contribution < -0.4 is 10.3 Å². The number of hydrogen-bond acceptors (Lipinski definition) is 7. The van der Waals surface area contributed by atoms with Crippen LogP contribution in [0.15, 0.2) is 82.5 Å². The number of ether oxygens (including phenoxy) is 1. The lowest BCUT2D eigenvalue weighted by Crippen LogP contribution is -2.26. The van der Waals surface area contributed by atoms with Gasteiger partial charge in [0.2, 0.25) is 0 Å². The molecule has 0 amide bonds. The molecular formula is C21H15FN4O5S. The van der Waals surface area contributed by atoms with Gasteiger partial charge in [0.1, 0.15) is 11.3 Å². The fourth-order valence-electron chi connectivity index (χ4n) is 2.83. The standard InChI is InChI=1S/C21H15FN4O5S/c22-17-6-2-4-8-19(17)24-32(29,30)15-11-9-14(10-12-15)21(28)31-13-26-20(27)16-5-1-3-7-18(16)23-25-26/h1-12,24H,13H2. The minimum Gasteiger partial charge on any atom is -0.439 e. The summed E-state index contributed by atoms with van der Waals surface area (Å²) in [6, 6.07) is 16.8. The molecule has 9 nitrogen and oxygen atoms in total. The van der Waals surface area contributed by atoms with Gasteiger partial charge in [-0.15, -0.1) is 5.10 Å². The molecule has 162 valence electrons. The molecule has 4 aromatic rings. The minimum absolute atomic E-state index is 0.0524. The molecule has 0 saturated carbocycles. The van der Waals surface area contributed by atoms with Crippen LogP contribution in [-0.4, -0.2) is 29.4 Å². The quantitative estimate of drug-likeness (QED) is 0.445. The maximum atomic E-state index is 13.7. The van der Waals surface area contributed by atoms with Crippen molar-refractivity contribution in [1.29, 1.82) is 0 Å². The van der Waals surface area contributed by atoms with Crippen LogP contribution in [0.3, 0.4) is 0 Å². The molecule has 0 radical (unpaired) electrons. The Kier molecular flexibility index (Phi) is 5.65. The van der Waals surface area contributed by atoms with Crippen molar-refractivity contribution >= 4 is 32.6 Å². The van der Waals surface area contributed by atoms with E-state index in [0.717, 1.165) is 10.7 Å². The van der Waals surface area contributed by atoms with Crippen LogP contribution in [0.4, 0.5) is 10.1 Å². The van der Waals surface area contributed by atoms with Gasteiger partial charge in [-0.3, -0.25) is 9.52 Å². The first-order valence-corrected chi connectivity index (χ1v) is 10.7. The first-order chi connectivity index (χ1) is 15.3. The van der Waals surface area contributed by atoms with E-state index in [1.165, 1.54) is 42.5 Å². The third kappa shape index (κ3) is 4.32. The van der Waals surface area contributed by atoms with Crippen molar-refractivity contribution in [1.82, 2.24) is 15.0 Å². The van der Waals surface area contributed by atoms with Crippen molar-refractivity contribution in [3.8, 4) is 0 Å². The van der Waals surface area contributed by atoms with Crippen molar-refractivity contribution in [3.05, 3.63) is 94.5 Å². The molecule has 0 aliphatic rings. The smallest absolute Gasteiger partial charge is 0.339 e. The molecule has 0 aliphatic heterocycles. The third-order valence-electron chi connectivity index (χ3n) is 4.47. The lowest BCUT2D eigenvalue weighted by atomic mass is 10.2. The van der Waals surface area contributed by atoms with Crippen molar-refractivity contribution < 1.29 is 22.3 Å². The van der Waals surface area contributed by atoms with Crippen molar-refractivity contribution in [3.63, 3.8) is 0 Å². The van der Waals surface area contributed by atoms with Gasteiger partial charge in [-0.2, -0.15) is 4.68 Å². The number of nitrogens with one attached hydrogen (secondary N) is 1. The molecule has 1 aromatic heterocycles. The highest BCUT2D eigenvalue weighted by Crippen LogP contribution is 2.19. The van der Waals surface area contributed by atoms with Crippen molar-refractivity contribution in [2.24, 2.45) is 0 Å². The molecule has 4 rings (SSSR count). The van der Waals surface area contributed by atoms with Gasteiger partial charge in [0.05, 0.1) is 21.5 Å². The Hall–Kier alpha value is -4.12. The zero-order valence-corrected chi connectivity index (χ0v) is 17.1. The fourth-order valence-corrected chi connectivity index (χ4v) is 3.90. The number of anilines is 1. The normalized spacial score (nSPS) is 11.3. The largest absolute Gasteiger partial charge is 0.439 e. The molecule has 0 spiro atoms. The number of esters is 1. The summed E-state index contributed by atoms with van der Waals surface area (Å²) in [4.78, 5) is 24.5. The number of carbonyl (C=O) groups excluding carboxylic acids is 1. The number of benzene rings is 3. The molecular weight excluding hydrogens is 439 g/mol. The summed E-state index contributed by atoms with van der Waals surface area (Å²) >= 11 is 0. The monoisotopic (exact) mass is 454 g/mol. The zero-order chi connectivity index (χ0) is 22.7. The number of fused-ring (bicyclic) bond motifs is 1. The second kappa shape index (κ2) is 8.55. The summed E-state index contributed by atoms with van der Waals surface area (Å²) in [6.07, 6.45) is 0. The topological polar surface area (TPSA) is 120 Å². The van der Waals surface area contributed by atoms with Crippen molar-refractivity contribution in [2.75, 3.05) is 4.72 Å². The lowest BCUT2D eigenvalue weighted by Gasteiger charge is -2.10. The predicted octanol–water partition coefficient (Wildman–Crippen LogP) is 2.55. The van der Waals surface area contributed by atoms with Crippen LogP contribution in [0.1, 0.15) is 10.4 Å². The average molecular weight is 454 g/mol. The Balaban J connectivity index is 1.46. The fraction of sp³-hybridized carbons (Fsp3) is 0.0476. The number of para-hydroxylation sites is 1. The van der Waals surface area contributed by atoms with Crippen LogP contribution in [0.5, 0.6) is 0 Å². The SMILES string of the molecule is O=C(OCn1nnc2ccccc2c1=O)c1ccc(S(=O)(=O)Nc2ccccc2F)cc1. The molecule has 0 atom stereocenters. The second-order valence-corrected chi connectivity index (χ2v) is 8.26. The number of rotatable bonds is 6. The average Bonchev–Trinajstić information content (AvgIpc) is 2.80. The lowest BCUT2D eigenvalue weighted by molar-refractivity contribution is 0.0336. The Labute approximate surface area is 181 Å². The number of halogens is 1. The number of nitrogens with zero attached hydrogens (tertiary/aromatic N) is 3. The van der Waals surface area contributed by atoms with E-state index < -0.39 is 34.1 Å². The van der Waals surface area contributed by atoms with E-state index in [0.29, 0.717) is 10.9 Å².